The highest BCUT2D eigenvalue weighted by atomic mass is 32.1. The zero-order valence-corrected chi connectivity index (χ0v) is 11.6. The summed E-state index contributed by atoms with van der Waals surface area (Å²) in [5.41, 5.74) is 3.03. The fourth-order valence-electron chi connectivity index (χ4n) is 1.80. The average molecular weight is 284 g/mol. The van der Waals surface area contributed by atoms with Crippen molar-refractivity contribution in [1.29, 1.82) is 0 Å². The second-order valence-electron chi connectivity index (χ2n) is 4.32. The maximum absolute atomic E-state index is 12.1. The van der Waals surface area contributed by atoms with Crippen LogP contribution in [-0.2, 0) is 0 Å². The molecular formula is C14H12N4OS. The third-order valence-corrected chi connectivity index (χ3v) is 3.55. The molecule has 0 aliphatic heterocycles. The van der Waals surface area contributed by atoms with E-state index in [9.17, 15) is 4.79 Å². The molecule has 0 unspecified atom stereocenters. The van der Waals surface area contributed by atoms with Gasteiger partial charge < -0.3 is 5.32 Å². The first-order chi connectivity index (χ1) is 9.72. The molecule has 1 amide bonds. The predicted octanol–water partition coefficient (Wildman–Crippen LogP) is 3.09. The van der Waals surface area contributed by atoms with Gasteiger partial charge in [-0.15, -0.1) is 0 Å². The van der Waals surface area contributed by atoms with Gasteiger partial charge in [-0.1, -0.05) is 30.3 Å². The van der Waals surface area contributed by atoms with Gasteiger partial charge in [0.05, 0.1) is 11.4 Å². The van der Waals surface area contributed by atoms with Crippen LogP contribution in [0, 0.1) is 6.92 Å². The first kappa shape index (κ1) is 12.6. The lowest BCUT2D eigenvalue weighted by Gasteiger charge is -1.97. The van der Waals surface area contributed by atoms with Gasteiger partial charge >= 0.3 is 0 Å². The van der Waals surface area contributed by atoms with E-state index in [1.807, 2.05) is 43.3 Å². The van der Waals surface area contributed by atoms with Crippen LogP contribution in [0.5, 0.6) is 0 Å². The molecule has 0 bridgehead atoms. The Hall–Kier alpha value is -2.47. The Labute approximate surface area is 119 Å². The Morgan fingerprint density at radius 1 is 1.25 bits per heavy atom. The van der Waals surface area contributed by atoms with Crippen molar-refractivity contribution in [2.45, 2.75) is 6.92 Å². The van der Waals surface area contributed by atoms with Gasteiger partial charge in [0.1, 0.15) is 10.7 Å². The summed E-state index contributed by atoms with van der Waals surface area (Å²) >= 11 is 1.26. The molecule has 100 valence electrons. The molecule has 3 aromatic rings. The van der Waals surface area contributed by atoms with Crippen LogP contribution in [0.2, 0.25) is 0 Å². The molecule has 2 aromatic heterocycles. The zero-order chi connectivity index (χ0) is 13.9. The van der Waals surface area contributed by atoms with Crippen LogP contribution in [0.15, 0.2) is 42.5 Å². The lowest BCUT2D eigenvalue weighted by Crippen LogP contribution is -2.11. The number of nitrogens with one attached hydrogen (secondary N) is 2. The second-order valence-corrected chi connectivity index (χ2v) is 5.12. The van der Waals surface area contributed by atoms with Crippen molar-refractivity contribution < 1.29 is 4.79 Å². The number of hydrogen-bond donors (Lipinski definition) is 2. The number of aryl methyl sites for hydroxylation is 1. The molecule has 1 aromatic carbocycles. The van der Waals surface area contributed by atoms with Crippen LogP contribution in [0.3, 0.4) is 0 Å². The fourth-order valence-corrected chi connectivity index (χ4v) is 2.45. The lowest BCUT2D eigenvalue weighted by molar-refractivity contribution is 0.102. The van der Waals surface area contributed by atoms with E-state index < -0.39 is 0 Å². The molecule has 0 saturated carbocycles. The number of nitrogens with zero attached hydrogens (tertiary/aromatic N) is 2. The number of H-pyrrole nitrogens is 1. The summed E-state index contributed by atoms with van der Waals surface area (Å²) in [4.78, 5) is 12.1. The number of anilines is 1. The van der Waals surface area contributed by atoms with Crippen LogP contribution in [-0.4, -0.2) is 20.5 Å². The summed E-state index contributed by atoms with van der Waals surface area (Å²) in [5.74, 6) is -0.219. The van der Waals surface area contributed by atoms with E-state index in [1.54, 1.807) is 6.07 Å². The fraction of sp³-hybridized carbons (Fsp3) is 0.0714. The normalized spacial score (nSPS) is 10.4. The molecular weight excluding hydrogens is 272 g/mol. The van der Waals surface area contributed by atoms with Gasteiger partial charge in [-0.2, -0.15) is 9.47 Å². The van der Waals surface area contributed by atoms with Gasteiger partial charge in [-0.25, -0.2) is 0 Å². The van der Waals surface area contributed by atoms with E-state index in [2.05, 4.69) is 19.9 Å². The van der Waals surface area contributed by atoms with Gasteiger partial charge in [0.2, 0.25) is 0 Å². The smallest absolute Gasteiger partial charge is 0.274 e. The van der Waals surface area contributed by atoms with Gasteiger partial charge in [0.15, 0.2) is 0 Å². The number of carbonyl (C=O) groups is 1. The van der Waals surface area contributed by atoms with E-state index in [1.165, 1.54) is 11.5 Å². The van der Waals surface area contributed by atoms with Gasteiger partial charge in [0.25, 0.3) is 5.91 Å². The van der Waals surface area contributed by atoms with Crippen molar-refractivity contribution in [3.8, 4) is 11.3 Å². The van der Waals surface area contributed by atoms with Crippen molar-refractivity contribution in [3.63, 3.8) is 0 Å². The summed E-state index contributed by atoms with van der Waals surface area (Å²) < 4.78 is 4.12. The molecule has 0 aliphatic rings. The number of aromatic amines is 1. The molecule has 0 spiro atoms. The number of aromatic nitrogens is 3. The molecule has 0 atom stereocenters. The van der Waals surface area contributed by atoms with Gasteiger partial charge in [0, 0.05) is 5.56 Å². The SMILES string of the molecule is Cc1cc(NC(=O)c2cc(-c3ccccc3)n[nH]2)sn1. The molecule has 0 saturated heterocycles. The first-order valence-electron chi connectivity index (χ1n) is 6.08. The van der Waals surface area contributed by atoms with Crippen molar-refractivity contribution in [3.05, 3.63) is 53.9 Å². The zero-order valence-electron chi connectivity index (χ0n) is 10.8. The van der Waals surface area contributed by atoms with Crippen molar-refractivity contribution >= 4 is 22.4 Å². The summed E-state index contributed by atoms with van der Waals surface area (Å²) in [6, 6.07) is 13.3. The number of amides is 1. The summed E-state index contributed by atoms with van der Waals surface area (Å²) in [7, 11) is 0. The average Bonchev–Trinajstić information content (AvgIpc) is 3.09. The second kappa shape index (κ2) is 5.26. The Kier molecular flexibility index (Phi) is 3.30. The van der Waals surface area contributed by atoms with Crippen LogP contribution in [0.1, 0.15) is 16.2 Å². The molecule has 0 radical (unpaired) electrons. The molecule has 5 nitrogen and oxygen atoms in total. The lowest BCUT2D eigenvalue weighted by atomic mass is 10.1. The third-order valence-electron chi connectivity index (χ3n) is 2.76. The number of carbonyl (C=O) groups excluding carboxylic acids is 1. The molecule has 2 heterocycles. The Balaban J connectivity index is 1.78. The number of benzene rings is 1. The molecule has 0 fully saturated rings. The van der Waals surface area contributed by atoms with Crippen LogP contribution >= 0.6 is 11.5 Å². The maximum Gasteiger partial charge on any atom is 0.274 e. The minimum atomic E-state index is -0.219. The summed E-state index contributed by atoms with van der Waals surface area (Å²) in [6.07, 6.45) is 0. The standard InChI is InChI=1S/C14H12N4OS/c1-9-7-13(20-18-9)15-14(19)12-8-11(16-17-12)10-5-3-2-4-6-10/h2-8H,1H3,(H,15,19)(H,16,17). The largest absolute Gasteiger partial charge is 0.311 e. The summed E-state index contributed by atoms with van der Waals surface area (Å²) in [5, 5.41) is 10.4. The van der Waals surface area contributed by atoms with E-state index in [4.69, 9.17) is 0 Å². The highest BCUT2D eigenvalue weighted by Crippen LogP contribution is 2.19. The molecule has 2 N–H and O–H groups in total. The predicted molar refractivity (Wildman–Crippen MR) is 78.8 cm³/mol. The number of hydrogen-bond acceptors (Lipinski definition) is 4. The minimum Gasteiger partial charge on any atom is -0.311 e. The molecule has 6 heteroatoms. The van der Waals surface area contributed by atoms with E-state index in [-0.39, 0.29) is 5.91 Å². The molecule has 3 rings (SSSR count). The Morgan fingerprint density at radius 2 is 2.05 bits per heavy atom. The third kappa shape index (κ3) is 2.60. The minimum absolute atomic E-state index is 0.219. The van der Waals surface area contributed by atoms with Gasteiger partial charge in [-0.05, 0) is 30.6 Å². The van der Waals surface area contributed by atoms with E-state index >= 15 is 0 Å². The topological polar surface area (TPSA) is 70.7 Å². The van der Waals surface area contributed by atoms with Crippen LogP contribution in [0.25, 0.3) is 11.3 Å². The monoisotopic (exact) mass is 284 g/mol. The maximum atomic E-state index is 12.1. The quantitative estimate of drug-likeness (QED) is 0.776. The highest BCUT2D eigenvalue weighted by molar-refractivity contribution is 7.10. The number of rotatable bonds is 3. The van der Waals surface area contributed by atoms with Gasteiger partial charge in [-0.3, -0.25) is 9.89 Å². The molecule has 20 heavy (non-hydrogen) atoms. The van der Waals surface area contributed by atoms with Crippen LogP contribution in [0.4, 0.5) is 5.00 Å². The van der Waals surface area contributed by atoms with Crippen molar-refractivity contribution in [2.75, 3.05) is 5.32 Å². The van der Waals surface area contributed by atoms with Crippen molar-refractivity contribution in [2.24, 2.45) is 0 Å². The van der Waals surface area contributed by atoms with E-state index in [0.717, 1.165) is 22.0 Å². The van der Waals surface area contributed by atoms with E-state index in [0.29, 0.717) is 5.69 Å². The Bertz CT molecular complexity index is 732. The Morgan fingerprint density at radius 3 is 2.75 bits per heavy atom. The molecule has 0 aliphatic carbocycles. The summed E-state index contributed by atoms with van der Waals surface area (Å²) in [6.45, 7) is 1.88. The van der Waals surface area contributed by atoms with Crippen LogP contribution < -0.4 is 5.32 Å². The van der Waals surface area contributed by atoms with Crippen molar-refractivity contribution in [1.82, 2.24) is 14.6 Å². The highest BCUT2D eigenvalue weighted by Gasteiger charge is 2.12. The first-order valence-corrected chi connectivity index (χ1v) is 6.85.